The minimum Gasteiger partial charge on any atom is -0.545 e. The van der Waals surface area contributed by atoms with Gasteiger partial charge in [-0.2, -0.15) is 0 Å². The molecule has 0 atom stereocenters. The summed E-state index contributed by atoms with van der Waals surface area (Å²) >= 11 is 0. The second-order valence-electron chi connectivity index (χ2n) is 2.39. The van der Waals surface area contributed by atoms with Crippen molar-refractivity contribution in [1.29, 1.82) is 0 Å². The third-order valence-electron chi connectivity index (χ3n) is 1.59. The van der Waals surface area contributed by atoms with Gasteiger partial charge in [0, 0.05) is 11.6 Å². The Morgan fingerprint density at radius 3 is 1.86 bits per heavy atom. The van der Waals surface area contributed by atoms with Crippen molar-refractivity contribution in [3.05, 3.63) is 23.8 Å². The first-order valence-corrected chi connectivity index (χ1v) is 3.62. The van der Waals surface area contributed by atoms with Gasteiger partial charge in [0.1, 0.15) is 11.5 Å². The van der Waals surface area contributed by atoms with E-state index in [9.17, 15) is 9.90 Å². The predicted octanol–water partition coefficient (Wildman–Crippen LogP) is -2.93. The van der Waals surface area contributed by atoms with Gasteiger partial charge in [-0.3, -0.25) is 0 Å². The summed E-state index contributed by atoms with van der Waals surface area (Å²) in [6, 6.07) is 4.34. The third-order valence-corrected chi connectivity index (χ3v) is 1.59. The summed E-state index contributed by atoms with van der Waals surface area (Å²) in [5.41, 5.74) is 0.0381. The van der Waals surface area contributed by atoms with E-state index >= 15 is 0 Å². The Kier molecular flexibility index (Phi) is 5.14. The first kappa shape index (κ1) is 12.9. The van der Waals surface area contributed by atoms with Crippen LogP contribution >= 0.6 is 0 Å². The van der Waals surface area contributed by atoms with E-state index in [0.717, 1.165) is 0 Å². The largest absolute Gasteiger partial charge is 1.00 e. The van der Waals surface area contributed by atoms with Crippen LogP contribution in [0.25, 0.3) is 0 Å². The number of benzene rings is 1. The fourth-order valence-corrected chi connectivity index (χ4v) is 0.925. The summed E-state index contributed by atoms with van der Waals surface area (Å²) in [6.07, 6.45) is 0. The summed E-state index contributed by atoms with van der Waals surface area (Å²) in [5.74, 6) is -0.394. The van der Waals surface area contributed by atoms with Gasteiger partial charge < -0.3 is 19.4 Å². The Balaban J connectivity index is 0.00000169. The fraction of sp³-hybridized carbons (Fsp3) is 0.222. The molecule has 70 valence electrons. The maximum Gasteiger partial charge on any atom is 1.00 e. The van der Waals surface area contributed by atoms with Crippen LogP contribution < -0.4 is 33.4 Å². The molecule has 0 unspecified atom stereocenters. The zero-order chi connectivity index (χ0) is 9.84. The van der Waals surface area contributed by atoms with Crippen LogP contribution in [-0.2, 0) is 0 Å². The Morgan fingerprint density at radius 2 is 1.57 bits per heavy atom. The SMILES string of the molecule is COc1cc(OC)cc(C(=O)[O-])c1.[Li+]. The Bertz CT molecular complexity index is 302. The number of carboxylic acid groups (broad SMARTS) is 1. The molecule has 4 nitrogen and oxygen atoms in total. The number of methoxy groups -OCH3 is 2. The topological polar surface area (TPSA) is 58.6 Å². The molecule has 0 aromatic heterocycles. The van der Waals surface area contributed by atoms with Crippen LogP contribution in [0.15, 0.2) is 18.2 Å². The fourth-order valence-electron chi connectivity index (χ4n) is 0.925. The van der Waals surface area contributed by atoms with Crippen molar-refractivity contribution in [3.8, 4) is 11.5 Å². The van der Waals surface area contributed by atoms with E-state index < -0.39 is 5.97 Å². The van der Waals surface area contributed by atoms with Crippen molar-refractivity contribution in [2.24, 2.45) is 0 Å². The second-order valence-corrected chi connectivity index (χ2v) is 2.39. The first-order chi connectivity index (χ1) is 6.17. The molecule has 5 heteroatoms. The zero-order valence-electron chi connectivity index (χ0n) is 8.37. The quantitative estimate of drug-likeness (QED) is 0.476. The Morgan fingerprint density at radius 1 is 1.14 bits per heavy atom. The van der Waals surface area contributed by atoms with Crippen molar-refractivity contribution in [1.82, 2.24) is 0 Å². The van der Waals surface area contributed by atoms with Gasteiger partial charge in [-0.15, -0.1) is 0 Å². The van der Waals surface area contributed by atoms with E-state index in [1.54, 1.807) is 6.07 Å². The number of rotatable bonds is 3. The summed E-state index contributed by atoms with van der Waals surface area (Å²) in [4.78, 5) is 10.5. The van der Waals surface area contributed by atoms with Gasteiger partial charge in [-0.25, -0.2) is 0 Å². The molecule has 1 rings (SSSR count). The Labute approximate surface area is 94.0 Å². The average Bonchev–Trinajstić information content (AvgIpc) is 2.16. The van der Waals surface area contributed by atoms with Gasteiger partial charge in [0.05, 0.1) is 20.2 Å². The molecule has 0 heterocycles. The second kappa shape index (κ2) is 5.58. The number of carboxylic acids is 1. The van der Waals surface area contributed by atoms with Crippen molar-refractivity contribution in [2.45, 2.75) is 0 Å². The standard InChI is InChI=1S/C9H10O4.Li/c1-12-7-3-6(9(10)11)4-8(5-7)13-2;/h3-5H,1-2H3,(H,10,11);/q;+1/p-1. The van der Waals surface area contributed by atoms with Gasteiger partial charge in [0.2, 0.25) is 0 Å². The number of hydrogen-bond donors (Lipinski definition) is 0. The molecule has 0 spiro atoms. The van der Waals surface area contributed by atoms with Crippen LogP contribution in [0.3, 0.4) is 0 Å². The van der Waals surface area contributed by atoms with Crippen LogP contribution in [0.1, 0.15) is 10.4 Å². The maximum atomic E-state index is 10.5. The number of carbonyl (C=O) groups excluding carboxylic acids is 1. The summed E-state index contributed by atoms with van der Waals surface area (Å²) in [7, 11) is 2.90. The van der Waals surface area contributed by atoms with E-state index in [2.05, 4.69) is 0 Å². The molecule has 0 aliphatic rings. The van der Waals surface area contributed by atoms with Crippen LogP contribution in [0.4, 0.5) is 0 Å². The molecule has 0 aliphatic carbocycles. The molecule has 0 N–H and O–H groups in total. The van der Waals surface area contributed by atoms with E-state index in [1.165, 1.54) is 26.4 Å². The number of aromatic carboxylic acids is 1. The molecular weight excluding hydrogens is 179 g/mol. The normalized spacial score (nSPS) is 8.71. The minimum atomic E-state index is -1.25. The van der Waals surface area contributed by atoms with Crippen LogP contribution in [0.5, 0.6) is 11.5 Å². The summed E-state index contributed by atoms with van der Waals surface area (Å²) in [6.45, 7) is 0. The number of hydrogen-bond acceptors (Lipinski definition) is 4. The summed E-state index contributed by atoms with van der Waals surface area (Å²) in [5, 5.41) is 10.5. The molecule has 14 heavy (non-hydrogen) atoms. The smallest absolute Gasteiger partial charge is 0.545 e. The number of carbonyl (C=O) groups is 1. The van der Waals surface area contributed by atoms with Crippen molar-refractivity contribution in [3.63, 3.8) is 0 Å². The van der Waals surface area contributed by atoms with Crippen molar-refractivity contribution < 1.29 is 38.2 Å². The van der Waals surface area contributed by atoms with Crippen LogP contribution in [0.2, 0.25) is 0 Å². The average molecular weight is 188 g/mol. The van der Waals surface area contributed by atoms with E-state index in [0.29, 0.717) is 11.5 Å². The zero-order valence-corrected chi connectivity index (χ0v) is 8.37. The van der Waals surface area contributed by atoms with Gasteiger partial charge >= 0.3 is 18.9 Å². The molecular formula is C9H9LiO4. The monoisotopic (exact) mass is 188 g/mol. The molecule has 0 amide bonds. The van der Waals surface area contributed by atoms with Crippen molar-refractivity contribution in [2.75, 3.05) is 14.2 Å². The molecule has 1 aromatic carbocycles. The molecule has 0 saturated heterocycles. The number of ether oxygens (including phenoxy) is 2. The molecule has 0 fully saturated rings. The Hall–Kier alpha value is -1.11. The van der Waals surface area contributed by atoms with E-state index in [-0.39, 0.29) is 24.4 Å². The van der Waals surface area contributed by atoms with Crippen LogP contribution in [0, 0.1) is 0 Å². The van der Waals surface area contributed by atoms with E-state index in [4.69, 9.17) is 9.47 Å². The van der Waals surface area contributed by atoms with E-state index in [1.807, 2.05) is 0 Å². The molecule has 1 aromatic rings. The van der Waals surface area contributed by atoms with Crippen LogP contribution in [-0.4, -0.2) is 20.2 Å². The van der Waals surface area contributed by atoms with Gasteiger partial charge in [-0.1, -0.05) is 0 Å². The maximum absolute atomic E-state index is 10.5. The molecule has 0 bridgehead atoms. The third kappa shape index (κ3) is 2.98. The molecule has 0 aliphatic heterocycles. The first-order valence-electron chi connectivity index (χ1n) is 3.62. The molecule has 0 radical (unpaired) electrons. The van der Waals surface area contributed by atoms with Gasteiger partial charge in [0.25, 0.3) is 0 Å². The molecule has 0 saturated carbocycles. The van der Waals surface area contributed by atoms with Gasteiger partial charge in [0.15, 0.2) is 0 Å². The minimum absolute atomic E-state index is 0. The summed E-state index contributed by atoms with van der Waals surface area (Å²) < 4.78 is 9.75. The van der Waals surface area contributed by atoms with Crippen molar-refractivity contribution >= 4 is 5.97 Å². The van der Waals surface area contributed by atoms with Gasteiger partial charge in [-0.05, 0) is 12.1 Å². The predicted molar refractivity (Wildman–Crippen MR) is 43.9 cm³/mol.